The Morgan fingerprint density at radius 1 is 1.09 bits per heavy atom. The molecular weight excluding hydrogens is 321 g/mol. The van der Waals surface area contributed by atoms with Crippen LogP contribution in [0, 0.1) is 0 Å². The van der Waals surface area contributed by atoms with Crippen molar-refractivity contribution in [2.24, 2.45) is 0 Å². The Bertz CT molecular complexity index is 827. The molecule has 0 unspecified atom stereocenters. The molecule has 0 radical (unpaired) electrons. The van der Waals surface area contributed by atoms with Crippen molar-refractivity contribution < 1.29 is 9.59 Å². The highest BCUT2D eigenvalue weighted by Crippen LogP contribution is 2.39. The van der Waals surface area contributed by atoms with Crippen molar-refractivity contribution in [2.45, 2.75) is 6.92 Å². The van der Waals surface area contributed by atoms with Gasteiger partial charge in [0.15, 0.2) is 0 Å². The first-order valence-corrected chi connectivity index (χ1v) is 7.35. The smallest absolute Gasteiger partial charge is 0.265 e. The van der Waals surface area contributed by atoms with E-state index < -0.39 is 0 Å². The van der Waals surface area contributed by atoms with Gasteiger partial charge in [0, 0.05) is 22.5 Å². The summed E-state index contributed by atoms with van der Waals surface area (Å²) in [5, 5.41) is 1.06. The van der Waals surface area contributed by atoms with Crippen LogP contribution in [0.25, 0.3) is 11.6 Å². The summed E-state index contributed by atoms with van der Waals surface area (Å²) in [6.45, 7) is 1.35. The fourth-order valence-corrected chi connectivity index (χ4v) is 2.84. The molecule has 1 aliphatic rings. The third-order valence-corrected chi connectivity index (χ3v) is 3.87. The van der Waals surface area contributed by atoms with Crippen molar-refractivity contribution in [3.05, 3.63) is 63.6 Å². The number of nitrogens with zero attached hydrogens (tertiary/aromatic N) is 1. The first kappa shape index (κ1) is 14.8. The third kappa shape index (κ3) is 2.54. The van der Waals surface area contributed by atoms with Crippen LogP contribution in [0.5, 0.6) is 0 Å². The second-order valence-corrected chi connectivity index (χ2v) is 5.81. The zero-order valence-electron chi connectivity index (χ0n) is 11.6. The number of amides is 2. The Morgan fingerprint density at radius 3 is 2.50 bits per heavy atom. The SMILES string of the molecule is CC(=O)N1C(=O)/C(=C/c2cccc(Cl)c2)c2ccc(Cl)cc21. The summed E-state index contributed by atoms with van der Waals surface area (Å²) in [5.74, 6) is -0.701. The lowest BCUT2D eigenvalue weighted by atomic mass is 10.0. The monoisotopic (exact) mass is 331 g/mol. The lowest BCUT2D eigenvalue weighted by molar-refractivity contribution is -0.122. The van der Waals surface area contributed by atoms with Crippen molar-refractivity contribution in [1.82, 2.24) is 0 Å². The van der Waals surface area contributed by atoms with Crippen LogP contribution >= 0.6 is 23.2 Å². The first-order chi connectivity index (χ1) is 10.5. The number of benzene rings is 2. The molecule has 5 heteroatoms. The largest absolute Gasteiger partial charge is 0.274 e. The van der Waals surface area contributed by atoms with Gasteiger partial charge < -0.3 is 0 Å². The molecule has 0 saturated heterocycles. The fourth-order valence-electron chi connectivity index (χ4n) is 2.48. The molecule has 1 heterocycles. The normalized spacial score (nSPS) is 15.3. The quantitative estimate of drug-likeness (QED) is 0.725. The van der Waals surface area contributed by atoms with Gasteiger partial charge in [0.25, 0.3) is 5.91 Å². The lowest BCUT2D eigenvalue weighted by Crippen LogP contribution is -2.31. The third-order valence-electron chi connectivity index (χ3n) is 3.40. The second-order valence-electron chi connectivity index (χ2n) is 4.93. The maximum absolute atomic E-state index is 12.6. The number of rotatable bonds is 1. The van der Waals surface area contributed by atoms with E-state index in [4.69, 9.17) is 23.2 Å². The minimum Gasteiger partial charge on any atom is -0.274 e. The van der Waals surface area contributed by atoms with Gasteiger partial charge in [0.1, 0.15) is 0 Å². The highest BCUT2D eigenvalue weighted by atomic mass is 35.5. The molecule has 3 rings (SSSR count). The Hall–Kier alpha value is -2.10. The van der Waals surface area contributed by atoms with E-state index in [-0.39, 0.29) is 11.8 Å². The number of imide groups is 1. The van der Waals surface area contributed by atoms with Crippen molar-refractivity contribution in [3.63, 3.8) is 0 Å². The van der Waals surface area contributed by atoms with E-state index >= 15 is 0 Å². The van der Waals surface area contributed by atoms with E-state index in [0.29, 0.717) is 26.9 Å². The maximum atomic E-state index is 12.6. The Kier molecular flexibility index (Phi) is 3.77. The van der Waals surface area contributed by atoms with Crippen LogP contribution in [0.3, 0.4) is 0 Å². The predicted molar refractivity (Wildman–Crippen MR) is 88.9 cm³/mol. The molecule has 0 aliphatic carbocycles. The molecule has 0 N–H and O–H groups in total. The van der Waals surface area contributed by atoms with Gasteiger partial charge in [0.2, 0.25) is 5.91 Å². The molecule has 2 aromatic rings. The molecule has 0 atom stereocenters. The van der Waals surface area contributed by atoms with Crippen molar-refractivity contribution in [1.29, 1.82) is 0 Å². The summed E-state index contributed by atoms with van der Waals surface area (Å²) in [6.07, 6.45) is 1.73. The van der Waals surface area contributed by atoms with Gasteiger partial charge >= 0.3 is 0 Å². The van der Waals surface area contributed by atoms with E-state index in [1.807, 2.05) is 6.07 Å². The molecule has 0 saturated carbocycles. The van der Waals surface area contributed by atoms with Gasteiger partial charge in [-0.15, -0.1) is 0 Å². The predicted octanol–water partition coefficient (Wildman–Crippen LogP) is 4.43. The number of fused-ring (bicyclic) bond motifs is 1. The summed E-state index contributed by atoms with van der Waals surface area (Å²) in [6, 6.07) is 12.2. The van der Waals surface area contributed by atoms with E-state index in [2.05, 4.69) is 0 Å². The molecule has 3 nitrogen and oxygen atoms in total. The van der Waals surface area contributed by atoms with Crippen molar-refractivity contribution in [2.75, 3.05) is 4.90 Å². The standard InChI is InChI=1S/C17H11Cl2NO2/c1-10(21)20-16-9-13(19)5-6-14(16)15(17(20)22)8-11-3-2-4-12(18)7-11/h2-9H,1H3/b15-8+. The number of halogens is 2. The topological polar surface area (TPSA) is 37.4 Å². The second kappa shape index (κ2) is 5.59. The zero-order chi connectivity index (χ0) is 15.9. The lowest BCUT2D eigenvalue weighted by Gasteiger charge is -2.11. The molecule has 2 amide bonds. The summed E-state index contributed by atoms with van der Waals surface area (Å²) >= 11 is 12.0. The minimum atomic E-state index is -0.357. The molecule has 110 valence electrons. The Balaban J connectivity index is 2.18. The van der Waals surface area contributed by atoms with Gasteiger partial charge in [-0.1, -0.05) is 41.4 Å². The number of carbonyl (C=O) groups is 2. The molecule has 0 fully saturated rings. The molecule has 0 bridgehead atoms. The highest BCUT2D eigenvalue weighted by molar-refractivity contribution is 6.42. The Labute approximate surface area is 137 Å². The molecule has 0 aromatic heterocycles. The molecular formula is C17H11Cl2NO2. The summed E-state index contributed by atoms with van der Waals surface area (Å²) in [4.78, 5) is 25.5. The van der Waals surface area contributed by atoms with E-state index in [9.17, 15) is 9.59 Å². The first-order valence-electron chi connectivity index (χ1n) is 6.59. The van der Waals surface area contributed by atoms with E-state index in [0.717, 1.165) is 10.5 Å². The maximum Gasteiger partial charge on any atom is 0.265 e. The summed E-state index contributed by atoms with van der Waals surface area (Å²) < 4.78 is 0. The average Bonchev–Trinajstić information content (AvgIpc) is 2.71. The van der Waals surface area contributed by atoms with Crippen LogP contribution in [0.4, 0.5) is 5.69 Å². The van der Waals surface area contributed by atoms with Crippen LogP contribution in [-0.2, 0) is 9.59 Å². The number of hydrogen-bond acceptors (Lipinski definition) is 2. The Morgan fingerprint density at radius 2 is 1.82 bits per heavy atom. The van der Waals surface area contributed by atoms with Crippen molar-refractivity contribution in [3.8, 4) is 0 Å². The van der Waals surface area contributed by atoms with Gasteiger partial charge in [-0.3, -0.25) is 9.59 Å². The van der Waals surface area contributed by atoms with Crippen LogP contribution in [-0.4, -0.2) is 11.8 Å². The highest BCUT2D eigenvalue weighted by Gasteiger charge is 2.35. The van der Waals surface area contributed by atoms with Gasteiger partial charge in [-0.2, -0.15) is 0 Å². The van der Waals surface area contributed by atoms with E-state index in [1.54, 1.807) is 42.5 Å². The molecule has 0 spiro atoms. The molecule has 2 aromatic carbocycles. The molecule has 22 heavy (non-hydrogen) atoms. The van der Waals surface area contributed by atoms with Crippen molar-refractivity contribution >= 4 is 52.4 Å². The minimum absolute atomic E-state index is 0.344. The van der Waals surface area contributed by atoms with Gasteiger partial charge in [0.05, 0.1) is 11.3 Å². The van der Waals surface area contributed by atoms with Crippen LogP contribution in [0.1, 0.15) is 18.1 Å². The summed E-state index contributed by atoms with van der Waals surface area (Å²) in [7, 11) is 0. The number of hydrogen-bond donors (Lipinski definition) is 0. The van der Waals surface area contributed by atoms with Gasteiger partial charge in [-0.25, -0.2) is 4.90 Å². The van der Waals surface area contributed by atoms with Crippen LogP contribution in [0.2, 0.25) is 10.0 Å². The molecule has 1 aliphatic heterocycles. The van der Waals surface area contributed by atoms with Gasteiger partial charge in [-0.05, 0) is 35.9 Å². The number of carbonyl (C=O) groups excluding carboxylic acids is 2. The van der Waals surface area contributed by atoms with Crippen LogP contribution < -0.4 is 4.90 Å². The zero-order valence-corrected chi connectivity index (χ0v) is 13.2. The average molecular weight is 332 g/mol. The van der Waals surface area contributed by atoms with E-state index in [1.165, 1.54) is 6.92 Å². The van der Waals surface area contributed by atoms with Crippen LogP contribution in [0.15, 0.2) is 42.5 Å². The summed E-state index contributed by atoms with van der Waals surface area (Å²) in [5.41, 5.74) is 2.44. The fraction of sp³-hybridized carbons (Fsp3) is 0.0588. The number of anilines is 1.